The maximum atomic E-state index is 14.4. The molecule has 0 aliphatic carbocycles. The number of nitrogens with zero attached hydrogens (tertiary/aromatic N) is 3. The average molecular weight is 557 g/mol. The van der Waals surface area contributed by atoms with Gasteiger partial charge in [-0.25, -0.2) is 14.0 Å². The van der Waals surface area contributed by atoms with Crippen molar-refractivity contribution in [3.63, 3.8) is 0 Å². The molecule has 12 heteroatoms. The Morgan fingerprint density at radius 3 is 2.64 bits per heavy atom. The third kappa shape index (κ3) is 5.85. The Labute approximate surface area is 229 Å². The summed E-state index contributed by atoms with van der Waals surface area (Å²) in [6.07, 6.45) is 1.93. The van der Waals surface area contributed by atoms with Crippen molar-refractivity contribution in [1.29, 1.82) is 0 Å². The molecule has 39 heavy (non-hydrogen) atoms. The standard InChI is InChI=1S/C27H30ClFN6O4/c28-20-6-3-4-18(24(20)29)13-31-25(36)23-12-17(14-33-8-10-39-11-9-33)15-35(23)27(38)32-21-16-34(26(30)37)22-7-2-1-5-19(21)22/h1-7,16-17,23H,8-15H2,(H2,30,37)(H,31,36)(H,32,38)/t17-,23-/m0/s1. The number of nitrogens with two attached hydrogens (primary N) is 1. The SMILES string of the molecule is NC(=O)n1cc(NC(=O)N2C[C@H](CN3CCOCC3)C[C@H]2C(=O)NCc2cccc(Cl)c2F)c2ccccc21. The molecule has 3 heterocycles. The van der Waals surface area contributed by atoms with Gasteiger partial charge in [0.25, 0.3) is 0 Å². The van der Waals surface area contributed by atoms with Gasteiger partial charge < -0.3 is 26.0 Å². The average Bonchev–Trinajstić information content (AvgIpc) is 3.52. The zero-order valence-corrected chi connectivity index (χ0v) is 22.0. The summed E-state index contributed by atoms with van der Waals surface area (Å²) in [7, 11) is 0. The van der Waals surface area contributed by atoms with Gasteiger partial charge in [-0.05, 0) is 24.5 Å². The minimum Gasteiger partial charge on any atom is -0.379 e. The topological polar surface area (TPSA) is 122 Å². The molecule has 2 saturated heterocycles. The fraction of sp³-hybridized carbons (Fsp3) is 0.370. The summed E-state index contributed by atoms with van der Waals surface area (Å²) in [5.41, 5.74) is 6.74. The number of benzene rings is 2. The molecule has 3 aromatic rings. The number of anilines is 1. The second-order valence-corrected chi connectivity index (χ2v) is 10.2. The minimum atomic E-state index is -0.761. The molecule has 4 N–H and O–H groups in total. The van der Waals surface area contributed by atoms with E-state index in [4.69, 9.17) is 22.1 Å². The Hall–Kier alpha value is -3.67. The van der Waals surface area contributed by atoms with Crippen LogP contribution < -0.4 is 16.4 Å². The van der Waals surface area contributed by atoms with E-state index in [1.165, 1.54) is 21.7 Å². The molecule has 0 spiro atoms. The fourth-order valence-corrected chi connectivity index (χ4v) is 5.50. The third-order valence-electron chi connectivity index (χ3n) is 7.25. The van der Waals surface area contributed by atoms with Gasteiger partial charge in [-0.2, -0.15) is 0 Å². The van der Waals surface area contributed by atoms with Gasteiger partial charge >= 0.3 is 12.1 Å². The number of nitrogens with one attached hydrogen (secondary N) is 2. The highest BCUT2D eigenvalue weighted by Crippen LogP contribution is 2.29. The number of amides is 4. The number of halogens is 2. The quantitative estimate of drug-likeness (QED) is 0.430. The Bertz CT molecular complexity index is 1390. The molecule has 5 rings (SSSR count). The molecule has 2 atom stereocenters. The lowest BCUT2D eigenvalue weighted by Crippen LogP contribution is -2.47. The number of likely N-dealkylation sites (tertiary alicyclic amines) is 1. The smallest absolute Gasteiger partial charge is 0.323 e. The van der Waals surface area contributed by atoms with Crippen LogP contribution in [0.5, 0.6) is 0 Å². The van der Waals surface area contributed by atoms with E-state index < -0.39 is 23.9 Å². The van der Waals surface area contributed by atoms with Crippen molar-refractivity contribution in [2.24, 2.45) is 11.7 Å². The van der Waals surface area contributed by atoms with E-state index in [1.54, 1.807) is 36.4 Å². The predicted molar refractivity (Wildman–Crippen MR) is 145 cm³/mol. The normalized spacial score (nSPS) is 19.8. The third-order valence-corrected chi connectivity index (χ3v) is 7.54. The maximum absolute atomic E-state index is 14.4. The van der Waals surface area contributed by atoms with Crippen LogP contribution in [0.15, 0.2) is 48.7 Å². The van der Waals surface area contributed by atoms with Crippen molar-refractivity contribution < 1.29 is 23.5 Å². The zero-order valence-electron chi connectivity index (χ0n) is 21.2. The number of fused-ring (bicyclic) bond motifs is 1. The summed E-state index contributed by atoms with van der Waals surface area (Å²) >= 11 is 5.88. The van der Waals surface area contributed by atoms with Gasteiger partial charge in [0, 0.05) is 49.9 Å². The zero-order chi connectivity index (χ0) is 27.5. The van der Waals surface area contributed by atoms with Gasteiger partial charge in [-0.3, -0.25) is 14.3 Å². The summed E-state index contributed by atoms with van der Waals surface area (Å²) < 4.78 is 21.1. The molecule has 4 amide bonds. The molecule has 2 aliphatic heterocycles. The largest absolute Gasteiger partial charge is 0.379 e. The van der Waals surface area contributed by atoms with E-state index in [9.17, 15) is 18.8 Å². The molecule has 10 nitrogen and oxygen atoms in total. The minimum absolute atomic E-state index is 0.0238. The van der Waals surface area contributed by atoms with Gasteiger partial charge in [0.15, 0.2) is 0 Å². The molecular weight excluding hydrogens is 527 g/mol. The number of aromatic nitrogens is 1. The molecule has 0 unspecified atom stereocenters. The van der Waals surface area contributed by atoms with E-state index >= 15 is 0 Å². The van der Waals surface area contributed by atoms with Crippen LogP contribution in [0.2, 0.25) is 5.02 Å². The maximum Gasteiger partial charge on any atom is 0.323 e. The molecule has 2 fully saturated rings. The number of urea groups is 1. The molecule has 0 saturated carbocycles. The summed E-state index contributed by atoms with van der Waals surface area (Å²) in [5, 5.41) is 6.26. The first-order chi connectivity index (χ1) is 18.8. The second-order valence-electron chi connectivity index (χ2n) is 9.81. The van der Waals surface area contributed by atoms with Gasteiger partial charge in [0.05, 0.1) is 29.4 Å². The van der Waals surface area contributed by atoms with Crippen molar-refractivity contribution in [1.82, 2.24) is 19.7 Å². The van der Waals surface area contributed by atoms with E-state index in [1.807, 2.05) is 0 Å². The number of rotatable bonds is 6. The molecule has 0 bridgehead atoms. The number of morpholine rings is 1. The van der Waals surface area contributed by atoms with E-state index in [0.29, 0.717) is 42.8 Å². The summed E-state index contributed by atoms with van der Waals surface area (Å²) in [4.78, 5) is 42.6. The van der Waals surface area contributed by atoms with E-state index in [2.05, 4.69) is 15.5 Å². The number of carbonyl (C=O) groups is 3. The number of carbonyl (C=O) groups excluding carboxylic acids is 3. The van der Waals surface area contributed by atoms with Crippen LogP contribution in [0.25, 0.3) is 10.9 Å². The van der Waals surface area contributed by atoms with Gasteiger partial charge in [0.2, 0.25) is 5.91 Å². The van der Waals surface area contributed by atoms with Gasteiger partial charge in [-0.1, -0.05) is 41.9 Å². The number of primary amides is 1. The predicted octanol–water partition coefficient (Wildman–Crippen LogP) is 3.23. The summed E-state index contributed by atoms with van der Waals surface area (Å²) in [6.45, 7) is 3.91. The van der Waals surface area contributed by atoms with Crippen molar-refractivity contribution in [3.8, 4) is 0 Å². The van der Waals surface area contributed by atoms with Crippen LogP contribution in [-0.4, -0.2) is 77.8 Å². The summed E-state index contributed by atoms with van der Waals surface area (Å²) in [5.74, 6) is -0.912. The van der Waals surface area contributed by atoms with Crippen LogP contribution in [0.4, 0.5) is 19.7 Å². The lowest BCUT2D eigenvalue weighted by atomic mass is 10.0. The van der Waals surface area contributed by atoms with Crippen LogP contribution in [-0.2, 0) is 16.1 Å². The Balaban J connectivity index is 1.34. The Morgan fingerprint density at radius 1 is 1.10 bits per heavy atom. The highest BCUT2D eigenvalue weighted by Gasteiger charge is 2.40. The monoisotopic (exact) mass is 556 g/mol. The Morgan fingerprint density at radius 2 is 1.87 bits per heavy atom. The molecule has 2 aliphatic rings. The number of para-hydroxylation sites is 1. The first-order valence-electron chi connectivity index (χ1n) is 12.8. The number of hydrogen-bond donors (Lipinski definition) is 3. The Kier molecular flexibility index (Phi) is 8.01. The van der Waals surface area contributed by atoms with Crippen LogP contribution in [0.3, 0.4) is 0 Å². The highest BCUT2D eigenvalue weighted by atomic mass is 35.5. The second kappa shape index (κ2) is 11.6. The van der Waals surface area contributed by atoms with E-state index in [0.717, 1.165) is 19.6 Å². The van der Waals surface area contributed by atoms with Crippen molar-refractivity contribution in [2.75, 3.05) is 44.7 Å². The van der Waals surface area contributed by atoms with E-state index in [-0.39, 0.29) is 29.0 Å². The molecule has 0 radical (unpaired) electrons. The van der Waals surface area contributed by atoms with Crippen LogP contribution in [0.1, 0.15) is 12.0 Å². The lowest BCUT2D eigenvalue weighted by molar-refractivity contribution is -0.124. The number of ether oxygens (including phenoxy) is 1. The number of hydrogen-bond acceptors (Lipinski definition) is 5. The first kappa shape index (κ1) is 26.9. The van der Waals surface area contributed by atoms with Gasteiger partial charge in [0.1, 0.15) is 11.9 Å². The molecule has 206 valence electrons. The van der Waals surface area contributed by atoms with Crippen molar-refractivity contribution >= 4 is 46.2 Å². The first-order valence-corrected chi connectivity index (χ1v) is 13.2. The fourth-order valence-electron chi connectivity index (χ4n) is 5.31. The highest BCUT2D eigenvalue weighted by molar-refractivity contribution is 6.30. The van der Waals surface area contributed by atoms with Crippen molar-refractivity contribution in [3.05, 3.63) is 65.1 Å². The van der Waals surface area contributed by atoms with Gasteiger partial charge in [-0.15, -0.1) is 0 Å². The van der Waals surface area contributed by atoms with Crippen LogP contribution >= 0.6 is 11.6 Å². The molecular formula is C27H30ClFN6O4. The summed E-state index contributed by atoms with van der Waals surface area (Å²) in [6, 6.07) is 9.77. The molecule has 1 aromatic heterocycles. The molecule has 2 aromatic carbocycles. The lowest BCUT2D eigenvalue weighted by Gasteiger charge is -2.28. The van der Waals surface area contributed by atoms with Crippen molar-refractivity contribution in [2.45, 2.75) is 19.0 Å². The van der Waals surface area contributed by atoms with Crippen LogP contribution in [0, 0.1) is 11.7 Å².